The van der Waals surface area contributed by atoms with E-state index in [-0.39, 0.29) is 0 Å². The van der Waals surface area contributed by atoms with Crippen molar-refractivity contribution in [3.8, 4) is 0 Å². The molecule has 1 aromatic heterocycles. The summed E-state index contributed by atoms with van der Waals surface area (Å²) < 4.78 is 1.82. The van der Waals surface area contributed by atoms with Crippen LogP contribution in [0.3, 0.4) is 0 Å². The Morgan fingerprint density at radius 3 is 2.61 bits per heavy atom. The summed E-state index contributed by atoms with van der Waals surface area (Å²) in [6.45, 7) is 4.49. The number of hydrogen-bond acceptors (Lipinski definition) is 2. The van der Waals surface area contributed by atoms with Gasteiger partial charge in [-0.25, -0.2) is 0 Å². The van der Waals surface area contributed by atoms with Crippen LogP contribution in [0.15, 0.2) is 41.7 Å². The lowest BCUT2D eigenvalue weighted by atomic mass is 10.1. The van der Waals surface area contributed by atoms with Gasteiger partial charge in [0, 0.05) is 37.9 Å². The minimum Gasteiger partial charge on any atom is -0.357 e. The third-order valence-electron chi connectivity index (χ3n) is 3.39. The maximum atomic E-state index is 5.89. The van der Waals surface area contributed by atoms with Crippen LogP contribution in [-0.2, 0) is 19.9 Å². The SMILES string of the molecule is CCNC(=NCCc1ccc(Cl)cc1)NCCc1cnn(C)c1. The molecular weight excluding hydrogens is 310 g/mol. The second-order valence-electron chi connectivity index (χ2n) is 5.34. The maximum absolute atomic E-state index is 5.89. The summed E-state index contributed by atoms with van der Waals surface area (Å²) in [4.78, 5) is 4.61. The first kappa shape index (κ1) is 17.3. The molecule has 124 valence electrons. The topological polar surface area (TPSA) is 54.2 Å². The third kappa shape index (κ3) is 6.32. The fourth-order valence-corrected chi connectivity index (χ4v) is 2.34. The van der Waals surface area contributed by atoms with Crippen molar-refractivity contribution >= 4 is 17.6 Å². The zero-order valence-corrected chi connectivity index (χ0v) is 14.5. The number of halogens is 1. The zero-order valence-electron chi connectivity index (χ0n) is 13.7. The Kier molecular flexibility index (Phi) is 6.94. The van der Waals surface area contributed by atoms with Crippen molar-refractivity contribution in [2.45, 2.75) is 19.8 Å². The number of nitrogens with zero attached hydrogens (tertiary/aromatic N) is 3. The highest BCUT2D eigenvalue weighted by Gasteiger charge is 2.00. The third-order valence-corrected chi connectivity index (χ3v) is 3.64. The van der Waals surface area contributed by atoms with Crippen LogP contribution in [0, 0.1) is 0 Å². The highest BCUT2D eigenvalue weighted by Crippen LogP contribution is 2.09. The van der Waals surface area contributed by atoms with Gasteiger partial charge in [0.25, 0.3) is 0 Å². The summed E-state index contributed by atoms with van der Waals surface area (Å²) in [6, 6.07) is 7.91. The fraction of sp³-hybridized carbons (Fsp3) is 0.412. The van der Waals surface area contributed by atoms with Gasteiger partial charge in [-0.2, -0.15) is 5.10 Å². The first-order valence-corrected chi connectivity index (χ1v) is 8.29. The summed E-state index contributed by atoms with van der Waals surface area (Å²) in [5, 5.41) is 11.6. The van der Waals surface area contributed by atoms with E-state index in [2.05, 4.69) is 27.6 Å². The fourth-order valence-electron chi connectivity index (χ4n) is 2.22. The van der Waals surface area contributed by atoms with Gasteiger partial charge in [0.15, 0.2) is 5.96 Å². The molecule has 5 nitrogen and oxygen atoms in total. The Morgan fingerprint density at radius 2 is 1.96 bits per heavy atom. The molecule has 0 spiro atoms. The first-order valence-electron chi connectivity index (χ1n) is 7.91. The van der Waals surface area contributed by atoms with E-state index in [0.717, 1.165) is 43.5 Å². The highest BCUT2D eigenvalue weighted by molar-refractivity contribution is 6.30. The van der Waals surface area contributed by atoms with Gasteiger partial charge in [-0.15, -0.1) is 0 Å². The van der Waals surface area contributed by atoms with Crippen LogP contribution < -0.4 is 10.6 Å². The van der Waals surface area contributed by atoms with E-state index in [4.69, 9.17) is 11.6 Å². The van der Waals surface area contributed by atoms with Crippen LogP contribution >= 0.6 is 11.6 Å². The highest BCUT2D eigenvalue weighted by atomic mass is 35.5. The van der Waals surface area contributed by atoms with E-state index in [1.54, 1.807) is 0 Å². The van der Waals surface area contributed by atoms with Gasteiger partial charge in [0.1, 0.15) is 0 Å². The van der Waals surface area contributed by atoms with Crippen molar-refractivity contribution < 1.29 is 0 Å². The number of aliphatic imine (C=N–C) groups is 1. The summed E-state index contributed by atoms with van der Waals surface area (Å²) in [7, 11) is 1.93. The van der Waals surface area contributed by atoms with Crippen molar-refractivity contribution in [3.05, 3.63) is 52.8 Å². The van der Waals surface area contributed by atoms with E-state index in [9.17, 15) is 0 Å². The summed E-state index contributed by atoms with van der Waals surface area (Å²) >= 11 is 5.89. The molecule has 6 heteroatoms. The molecule has 0 aliphatic carbocycles. The Hall–Kier alpha value is -2.01. The minimum absolute atomic E-state index is 0.740. The monoisotopic (exact) mass is 333 g/mol. The standard InChI is InChI=1S/C17H24ClN5/c1-3-19-17(21-11-9-15-12-22-23(2)13-15)20-10-8-14-4-6-16(18)7-5-14/h4-7,12-13H,3,8-11H2,1-2H3,(H2,19,20,21). The smallest absolute Gasteiger partial charge is 0.191 e. The van der Waals surface area contributed by atoms with E-state index in [1.807, 2.05) is 48.4 Å². The quantitative estimate of drug-likeness (QED) is 0.604. The number of guanidine groups is 1. The number of aryl methyl sites for hydroxylation is 1. The molecule has 1 heterocycles. The Labute approximate surface area is 142 Å². The maximum Gasteiger partial charge on any atom is 0.191 e. The van der Waals surface area contributed by atoms with Crippen LogP contribution in [0.5, 0.6) is 0 Å². The van der Waals surface area contributed by atoms with Crippen molar-refractivity contribution in [1.82, 2.24) is 20.4 Å². The van der Waals surface area contributed by atoms with Crippen molar-refractivity contribution in [1.29, 1.82) is 0 Å². The van der Waals surface area contributed by atoms with Crippen LogP contribution in [-0.4, -0.2) is 35.4 Å². The predicted octanol–water partition coefficient (Wildman–Crippen LogP) is 2.41. The van der Waals surface area contributed by atoms with Crippen LogP contribution in [0.25, 0.3) is 0 Å². The predicted molar refractivity (Wildman–Crippen MR) is 96.0 cm³/mol. The number of nitrogens with one attached hydrogen (secondary N) is 2. The average molecular weight is 334 g/mol. The van der Waals surface area contributed by atoms with Gasteiger partial charge < -0.3 is 10.6 Å². The minimum atomic E-state index is 0.740. The molecule has 1 aromatic carbocycles. The molecule has 0 radical (unpaired) electrons. The van der Waals surface area contributed by atoms with Crippen molar-refractivity contribution in [2.75, 3.05) is 19.6 Å². The van der Waals surface area contributed by atoms with E-state index < -0.39 is 0 Å². The first-order chi connectivity index (χ1) is 11.2. The molecule has 0 aliphatic rings. The second kappa shape index (κ2) is 9.20. The molecule has 0 atom stereocenters. The average Bonchev–Trinajstić information content (AvgIpc) is 2.95. The molecule has 0 bridgehead atoms. The zero-order chi connectivity index (χ0) is 16.5. The van der Waals surface area contributed by atoms with Crippen LogP contribution in [0.4, 0.5) is 0 Å². The lowest BCUT2D eigenvalue weighted by molar-refractivity contribution is 0.765. The lowest BCUT2D eigenvalue weighted by Gasteiger charge is -2.10. The van der Waals surface area contributed by atoms with E-state index >= 15 is 0 Å². The van der Waals surface area contributed by atoms with Gasteiger partial charge in [0.05, 0.1) is 6.20 Å². The second-order valence-corrected chi connectivity index (χ2v) is 5.77. The Bertz CT molecular complexity index is 618. The van der Waals surface area contributed by atoms with Gasteiger partial charge >= 0.3 is 0 Å². The number of aromatic nitrogens is 2. The Morgan fingerprint density at radius 1 is 1.17 bits per heavy atom. The number of hydrogen-bond donors (Lipinski definition) is 2. The summed E-state index contributed by atoms with van der Waals surface area (Å²) in [5.74, 6) is 0.852. The Balaban J connectivity index is 1.78. The molecule has 2 aromatic rings. The molecular formula is C17H24ClN5. The molecule has 23 heavy (non-hydrogen) atoms. The van der Waals surface area contributed by atoms with Crippen molar-refractivity contribution in [2.24, 2.45) is 12.0 Å². The normalized spacial score (nSPS) is 11.5. The van der Waals surface area contributed by atoms with Crippen LogP contribution in [0.1, 0.15) is 18.1 Å². The lowest BCUT2D eigenvalue weighted by Crippen LogP contribution is -2.38. The number of rotatable bonds is 7. The van der Waals surface area contributed by atoms with E-state index in [1.165, 1.54) is 11.1 Å². The molecule has 0 saturated heterocycles. The van der Waals surface area contributed by atoms with Gasteiger partial charge in [-0.3, -0.25) is 9.67 Å². The number of benzene rings is 1. The van der Waals surface area contributed by atoms with Crippen molar-refractivity contribution in [3.63, 3.8) is 0 Å². The molecule has 0 fully saturated rings. The molecule has 0 saturated carbocycles. The van der Waals surface area contributed by atoms with Gasteiger partial charge in [-0.1, -0.05) is 23.7 Å². The molecule has 0 amide bonds. The molecule has 0 aliphatic heterocycles. The molecule has 0 unspecified atom stereocenters. The molecule has 2 rings (SSSR count). The largest absolute Gasteiger partial charge is 0.357 e. The van der Waals surface area contributed by atoms with Crippen LogP contribution in [0.2, 0.25) is 5.02 Å². The van der Waals surface area contributed by atoms with Gasteiger partial charge in [-0.05, 0) is 43.0 Å². The van der Waals surface area contributed by atoms with Gasteiger partial charge in [0.2, 0.25) is 0 Å². The van der Waals surface area contributed by atoms with E-state index in [0.29, 0.717) is 0 Å². The summed E-state index contributed by atoms with van der Waals surface area (Å²) in [6.07, 6.45) is 5.75. The molecule has 2 N–H and O–H groups in total. The summed E-state index contributed by atoms with van der Waals surface area (Å²) in [5.41, 5.74) is 2.46.